The summed E-state index contributed by atoms with van der Waals surface area (Å²) in [7, 11) is 0. The maximum atomic E-state index is 14.2. The first kappa shape index (κ1) is 36.8. The fourth-order valence-corrected chi connectivity index (χ4v) is 9.59. The molecular formula is C40H58N4O6. The van der Waals surface area contributed by atoms with Crippen molar-refractivity contribution in [3.63, 3.8) is 0 Å². The number of ether oxygens (including phenoxy) is 1. The highest BCUT2D eigenvalue weighted by Gasteiger charge is 2.57. The van der Waals surface area contributed by atoms with Crippen molar-refractivity contribution in [3.05, 3.63) is 53.6 Å². The molecule has 2 heterocycles. The van der Waals surface area contributed by atoms with Gasteiger partial charge in [-0.05, 0) is 93.5 Å². The zero-order chi connectivity index (χ0) is 35.7. The van der Waals surface area contributed by atoms with Crippen LogP contribution in [0.1, 0.15) is 83.1 Å². The minimum absolute atomic E-state index is 0.0551. The van der Waals surface area contributed by atoms with Crippen LogP contribution in [0.15, 0.2) is 42.5 Å². The first-order valence-corrected chi connectivity index (χ1v) is 18.9. The number of fused-ring (bicyclic) bond motifs is 2. The number of nitrogens with one attached hydrogen (secondary N) is 2. The van der Waals surface area contributed by atoms with Gasteiger partial charge in [0.25, 0.3) is 5.91 Å². The van der Waals surface area contributed by atoms with Gasteiger partial charge in [-0.3, -0.25) is 19.3 Å². The van der Waals surface area contributed by atoms with E-state index in [1.165, 1.54) is 6.42 Å². The van der Waals surface area contributed by atoms with Crippen LogP contribution in [0.4, 0.5) is 0 Å². The van der Waals surface area contributed by atoms with E-state index >= 15 is 0 Å². The summed E-state index contributed by atoms with van der Waals surface area (Å²) in [6.45, 7) is 15.7. The molecule has 3 saturated carbocycles. The average Bonchev–Trinajstić information content (AvgIpc) is 3.72. The van der Waals surface area contributed by atoms with Gasteiger partial charge in [-0.1, -0.05) is 58.0 Å². The lowest BCUT2D eigenvalue weighted by Crippen LogP contribution is -2.62. The summed E-state index contributed by atoms with van der Waals surface area (Å²) < 4.78 is 6.28. The third-order valence-corrected chi connectivity index (χ3v) is 12.6. The molecule has 0 radical (unpaired) electrons. The second kappa shape index (κ2) is 15.3. The van der Waals surface area contributed by atoms with Gasteiger partial charge in [-0.25, -0.2) is 0 Å². The Labute approximate surface area is 297 Å². The molecule has 4 N–H and O–H groups in total. The molecule has 10 nitrogen and oxygen atoms in total. The van der Waals surface area contributed by atoms with Gasteiger partial charge >= 0.3 is 0 Å². The highest BCUT2D eigenvalue weighted by Crippen LogP contribution is 2.61. The van der Waals surface area contributed by atoms with E-state index in [1.54, 1.807) is 12.0 Å². The molecule has 274 valence electrons. The van der Waals surface area contributed by atoms with Gasteiger partial charge in [0.1, 0.15) is 17.9 Å². The number of carbonyl (C=O) groups is 2. The molecule has 3 aliphatic carbocycles. The Morgan fingerprint density at radius 2 is 1.92 bits per heavy atom. The van der Waals surface area contributed by atoms with Crippen molar-refractivity contribution in [2.75, 3.05) is 32.8 Å². The zero-order valence-corrected chi connectivity index (χ0v) is 30.7. The predicted molar refractivity (Wildman–Crippen MR) is 193 cm³/mol. The summed E-state index contributed by atoms with van der Waals surface area (Å²) in [6, 6.07) is 13.1. The van der Waals surface area contributed by atoms with Crippen molar-refractivity contribution in [2.45, 2.75) is 104 Å². The van der Waals surface area contributed by atoms with Crippen LogP contribution in [-0.4, -0.2) is 95.2 Å². The molecule has 0 unspecified atom stereocenters. The molecule has 2 aromatic rings. The number of likely N-dealkylation sites (tertiary alicyclic amines) is 1. The summed E-state index contributed by atoms with van der Waals surface area (Å²) in [5.74, 6) is 1.24. The van der Waals surface area contributed by atoms with Crippen LogP contribution < -0.4 is 15.4 Å². The quantitative estimate of drug-likeness (QED) is 0.240. The van der Waals surface area contributed by atoms with E-state index in [2.05, 4.69) is 43.2 Å². The Hall–Kier alpha value is -3.02. The second-order valence-corrected chi connectivity index (χ2v) is 15.7. The van der Waals surface area contributed by atoms with E-state index in [0.29, 0.717) is 53.7 Å². The van der Waals surface area contributed by atoms with Crippen molar-refractivity contribution >= 4 is 11.8 Å². The minimum Gasteiger partial charge on any atom is -0.493 e. The normalized spacial score (nSPS) is 31.2. The lowest BCUT2D eigenvalue weighted by atomic mass is 9.45. The topological polar surface area (TPSA) is 124 Å². The van der Waals surface area contributed by atoms with Crippen molar-refractivity contribution in [2.24, 2.45) is 29.1 Å². The Morgan fingerprint density at radius 1 is 1.14 bits per heavy atom. The summed E-state index contributed by atoms with van der Waals surface area (Å²) >= 11 is 0. The molecule has 50 heavy (non-hydrogen) atoms. The number of aliphatic hydroxyl groups excluding tert-OH is 2. The van der Waals surface area contributed by atoms with Crippen LogP contribution in [0.3, 0.4) is 0 Å². The monoisotopic (exact) mass is 690 g/mol. The molecular weight excluding hydrogens is 632 g/mol. The van der Waals surface area contributed by atoms with Crippen LogP contribution in [0.2, 0.25) is 0 Å². The molecule has 9 atom stereocenters. The number of hydrogen-bond donors (Lipinski definition) is 4. The summed E-state index contributed by atoms with van der Waals surface area (Å²) in [6.07, 6.45) is 2.80. The maximum absolute atomic E-state index is 14.2. The van der Waals surface area contributed by atoms with E-state index in [9.17, 15) is 19.8 Å². The number of carbonyl (C=O) groups excluding carboxylic acids is 2. The van der Waals surface area contributed by atoms with E-state index in [1.807, 2.05) is 49.4 Å². The number of hydroxylamine groups is 2. The van der Waals surface area contributed by atoms with Crippen molar-refractivity contribution < 1.29 is 29.4 Å². The molecule has 2 aromatic carbocycles. The smallest absolute Gasteiger partial charge is 0.251 e. The number of benzene rings is 2. The summed E-state index contributed by atoms with van der Waals surface area (Å²) in [5.41, 5.74) is 3.35. The number of amides is 2. The van der Waals surface area contributed by atoms with Gasteiger partial charge in [0, 0.05) is 41.2 Å². The average molecular weight is 691 g/mol. The van der Waals surface area contributed by atoms with Crippen molar-refractivity contribution in [1.29, 1.82) is 0 Å². The molecule has 2 saturated heterocycles. The number of para-hydroxylation sites is 1. The number of aliphatic hydroxyl groups is 2. The predicted octanol–water partition coefficient (Wildman–Crippen LogP) is 4.63. The van der Waals surface area contributed by atoms with E-state index < -0.39 is 24.2 Å². The van der Waals surface area contributed by atoms with Gasteiger partial charge in [-0.15, -0.1) is 0 Å². The first-order chi connectivity index (χ1) is 24.0. The lowest BCUT2D eigenvalue weighted by molar-refractivity contribution is -0.183. The molecule has 2 aliphatic heterocycles. The minimum atomic E-state index is -0.880. The fraction of sp³-hybridized carbons (Fsp3) is 0.650. The third-order valence-electron chi connectivity index (χ3n) is 12.6. The Balaban J connectivity index is 1.23. The summed E-state index contributed by atoms with van der Waals surface area (Å²) in [4.78, 5) is 36.2. The van der Waals surface area contributed by atoms with Crippen molar-refractivity contribution in [1.82, 2.24) is 20.6 Å². The molecule has 2 bridgehead atoms. The highest BCUT2D eigenvalue weighted by atomic mass is 16.7. The maximum Gasteiger partial charge on any atom is 0.251 e. The molecule has 5 fully saturated rings. The highest BCUT2D eigenvalue weighted by molar-refractivity contribution is 5.95. The van der Waals surface area contributed by atoms with Crippen LogP contribution >= 0.6 is 0 Å². The SMILES string of the molecule is CCOc1c(CN2O[C@@H](CO)[C@H]([C@H](C)O)[C@H]2C(=O)N[C@H]2C[C@H]3C[C@@H]([C@@H]2C)C3(C)C)cccc1-c1cccc(C(=O)NC[C@@H]2CCCN2CC)c1. The molecule has 10 heteroatoms. The van der Waals surface area contributed by atoms with Gasteiger partial charge in [-0.2, -0.15) is 5.06 Å². The van der Waals surface area contributed by atoms with E-state index in [0.717, 1.165) is 49.0 Å². The van der Waals surface area contributed by atoms with Gasteiger partial charge in [0.2, 0.25) is 5.91 Å². The fourth-order valence-electron chi connectivity index (χ4n) is 9.59. The number of nitrogens with zero attached hydrogens (tertiary/aromatic N) is 2. The molecule has 0 aromatic heterocycles. The second-order valence-electron chi connectivity index (χ2n) is 15.7. The standard InChI is InChI=1S/C40H58N4O6/c1-7-43-17-11-15-30(43)21-41-38(47)27-13-9-12-26(18-27)31-16-10-14-28(37(31)49-8-2)22-44-36(35(25(4)46)34(23-45)50-44)39(48)42-33-20-29-19-32(24(33)3)40(29,5)6/h9-10,12-14,16,18,24-25,29-30,32-36,45-46H,7-8,11,15,17,19-23H2,1-6H3,(H,41,47)(H,42,48)/t24-,25-,29+,30-,32-,33-,34-,35-,36-/m0/s1. The van der Waals surface area contributed by atoms with Crippen molar-refractivity contribution in [3.8, 4) is 16.9 Å². The zero-order valence-electron chi connectivity index (χ0n) is 30.7. The van der Waals surface area contributed by atoms with E-state index in [4.69, 9.17) is 9.57 Å². The summed E-state index contributed by atoms with van der Waals surface area (Å²) in [5, 5.41) is 29.3. The molecule has 5 aliphatic rings. The van der Waals surface area contributed by atoms with Crippen LogP contribution in [-0.2, 0) is 16.2 Å². The Morgan fingerprint density at radius 3 is 2.60 bits per heavy atom. The number of likely N-dealkylation sites (N-methyl/N-ethyl adjacent to an activating group) is 1. The lowest BCUT2D eigenvalue weighted by Gasteiger charge is -2.62. The third kappa shape index (κ3) is 7.06. The molecule has 7 rings (SSSR count). The molecule has 2 amide bonds. The Kier molecular flexibility index (Phi) is 11.2. The van der Waals surface area contributed by atoms with Crippen LogP contribution in [0, 0.1) is 29.1 Å². The largest absolute Gasteiger partial charge is 0.493 e. The van der Waals surface area contributed by atoms with E-state index in [-0.39, 0.29) is 31.0 Å². The molecule has 0 spiro atoms. The first-order valence-electron chi connectivity index (χ1n) is 18.9. The van der Waals surface area contributed by atoms with Crippen LogP contribution in [0.5, 0.6) is 5.75 Å². The van der Waals surface area contributed by atoms with Gasteiger partial charge in [0.15, 0.2) is 0 Å². The van der Waals surface area contributed by atoms with Crippen LogP contribution in [0.25, 0.3) is 11.1 Å². The number of rotatable bonds is 13. The van der Waals surface area contributed by atoms with Gasteiger partial charge in [0.05, 0.1) is 25.9 Å². The number of hydrogen-bond acceptors (Lipinski definition) is 8. The Bertz CT molecular complexity index is 1510. The van der Waals surface area contributed by atoms with Gasteiger partial charge < -0.3 is 25.6 Å².